The molecule has 0 bridgehead atoms. The molecule has 8 heteroatoms. The predicted molar refractivity (Wildman–Crippen MR) is 139 cm³/mol. The van der Waals surface area contributed by atoms with E-state index < -0.39 is 0 Å². The predicted octanol–water partition coefficient (Wildman–Crippen LogP) is 4.99. The Balaban J connectivity index is 1.56. The Bertz CT molecular complexity index is 1650. The fraction of sp³-hybridized carbons (Fsp3) is 0.179. The molecule has 0 radical (unpaired) electrons. The van der Waals surface area contributed by atoms with Crippen LogP contribution in [0.15, 0.2) is 70.1 Å². The number of rotatable bonds is 5. The summed E-state index contributed by atoms with van der Waals surface area (Å²) in [7, 11) is 0. The van der Waals surface area contributed by atoms with E-state index in [-0.39, 0.29) is 29.3 Å². The van der Waals surface area contributed by atoms with Crippen molar-refractivity contribution in [2.75, 3.05) is 5.32 Å². The molecule has 0 saturated heterocycles. The number of carbonyl (C=O) groups excluding carboxylic acids is 1. The molecule has 5 aromatic rings. The Morgan fingerprint density at radius 1 is 0.944 bits per heavy atom. The summed E-state index contributed by atoms with van der Waals surface area (Å²) in [6, 6.07) is 17.0. The second-order valence-corrected chi connectivity index (χ2v) is 8.93. The number of aryl methyl sites for hydroxylation is 4. The minimum absolute atomic E-state index is 0.0486. The maximum atomic E-state index is 13.4. The summed E-state index contributed by atoms with van der Waals surface area (Å²) >= 11 is 0. The largest absolute Gasteiger partial charge is 0.333 e. The highest BCUT2D eigenvalue weighted by atomic mass is 16.5. The highest BCUT2D eigenvalue weighted by Gasteiger charge is 2.19. The number of hydrogen-bond donors (Lipinski definition) is 1. The van der Waals surface area contributed by atoms with Crippen molar-refractivity contribution in [2.24, 2.45) is 0 Å². The Kier molecular flexibility index (Phi) is 5.93. The van der Waals surface area contributed by atoms with Gasteiger partial charge in [0.25, 0.3) is 5.89 Å². The molecular weight excluding hydrogens is 454 g/mol. The SMILES string of the molecule is Cc1ccc(-c2noc(-c3cn(CC(=O)Nc4c(C)cccc4C)c4nc(C)ccc4c3=O)n2)cc1. The lowest BCUT2D eigenvalue weighted by Crippen LogP contribution is -2.22. The number of amides is 1. The van der Waals surface area contributed by atoms with E-state index in [4.69, 9.17) is 4.52 Å². The summed E-state index contributed by atoms with van der Waals surface area (Å²) in [6.07, 6.45) is 1.56. The van der Waals surface area contributed by atoms with E-state index in [1.54, 1.807) is 22.9 Å². The molecule has 2 aromatic carbocycles. The molecular formula is C28H25N5O3. The molecule has 180 valence electrons. The lowest BCUT2D eigenvalue weighted by Gasteiger charge is -2.14. The number of benzene rings is 2. The van der Waals surface area contributed by atoms with Crippen LogP contribution in [0, 0.1) is 27.7 Å². The molecule has 3 aromatic heterocycles. The van der Waals surface area contributed by atoms with E-state index >= 15 is 0 Å². The molecule has 0 aliphatic heterocycles. The van der Waals surface area contributed by atoms with Gasteiger partial charge in [0.05, 0.1) is 5.39 Å². The maximum absolute atomic E-state index is 13.4. The number of fused-ring (bicyclic) bond motifs is 1. The van der Waals surface area contributed by atoms with Crippen molar-refractivity contribution in [3.05, 3.63) is 93.4 Å². The molecule has 3 heterocycles. The topological polar surface area (TPSA) is 103 Å². The van der Waals surface area contributed by atoms with Gasteiger partial charge in [-0.25, -0.2) is 4.98 Å². The van der Waals surface area contributed by atoms with Crippen molar-refractivity contribution in [3.8, 4) is 22.8 Å². The molecule has 0 atom stereocenters. The third-order valence-electron chi connectivity index (χ3n) is 6.09. The van der Waals surface area contributed by atoms with E-state index in [0.29, 0.717) is 16.9 Å². The van der Waals surface area contributed by atoms with Crippen LogP contribution in [0.25, 0.3) is 33.9 Å². The normalized spacial score (nSPS) is 11.1. The summed E-state index contributed by atoms with van der Waals surface area (Å²) < 4.78 is 7.13. The van der Waals surface area contributed by atoms with Gasteiger partial charge in [0.15, 0.2) is 0 Å². The molecule has 0 saturated carbocycles. The van der Waals surface area contributed by atoms with Crippen molar-refractivity contribution < 1.29 is 9.32 Å². The molecule has 1 amide bonds. The molecule has 0 aliphatic rings. The summed E-state index contributed by atoms with van der Waals surface area (Å²) in [5.74, 6) is 0.227. The molecule has 0 aliphatic carbocycles. The van der Waals surface area contributed by atoms with Gasteiger partial charge in [-0.05, 0) is 51.0 Å². The van der Waals surface area contributed by atoms with Gasteiger partial charge in [-0.15, -0.1) is 0 Å². The zero-order valence-electron chi connectivity index (χ0n) is 20.5. The van der Waals surface area contributed by atoms with Crippen molar-refractivity contribution in [1.82, 2.24) is 19.7 Å². The van der Waals surface area contributed by atoms with Crippen LogP contribution in [0.2, 0.25) is 0 Å². The molecule has 1 N–H and O–H groups in total. The van der Waals surface area contributed by atoms with Crippen LogP contribution in [-0.2, 0) is 11.3 Å². The lowest BCUT2D eigenvalue weighted by molar-refractivity contribution is -0.116. The highest BCUT2D eigenvalue weighted by Crippen LogP contribution is 2.23. The number of aromatic nitrogens is 4. The first kappa shape index (κ1) is 23.2. The molecule has 36 heavy (non-hydrogen) atoms. The zero-order valence-corrected chi connectivity index (χ0v) is 20.5. The molecule has 0 spiro atoms. The fourth-order valence-corrected chi connectivity index (χ4v) is 4.13. The Morgan fingerprint density at radius 2 is 1.67 bits per heavy atom. The van der Waals surface area contributed by atoms with E-state index in [1.807, 2.05) is 70.2 Å². The van der Waals surface area contributed by atoms with Crippen LogP contribution in [-0.4, -0.2) is 25.6 Å². The number of carbonyl (C=O) groups is 1. The minimum atomic E-state index is -0.289. The van der Waals surface area contributed by atoms with Crippen LogP contribution in [0.3, 0.4) is 0 Å². The lowest BCUT2D eigenvalue weighted by atomic mass is 10.1. The number of nitrogens with one attached hydrogen (secondary N) is 1. The van der Waals surface area contributed by atoms with E-state index in [0.717, 1.165) is 33.6 Å². The van der Waals surface area contributed by atoms with Gasteiger partial charge in [0.2, 0.25) is 17.2 Å². The van der Waals surface area contributed by atoms with Crippen LogP contribution in [0.5, 0.6) is 0 Å². The van der Waals surface area contributed by atoms with Crippen molar-refractivity contribution in [1.29, 1.82) is 0 Å². The summed E-state index contributed by atoms with van der Waals surface area (Å²) in [4.78, 5) is 35.5. The van der Waals surface area contributed by atoms with Crippen LogP contribution in [0.4, 0.5) is 5.69 Å². The van der Waals surface area contributed by atoms with Gasteiger partial charge >= 0.3 is 0 Å². The van der Waals surface area contributed by atoms with E-state index in [9.17, 15) is 9.59 Å². The number of pyridine rings is 2. The van der Waals surface area contributed by atoms with Gasteiger partial charge in [-0.1, -0.05) is 53.2 Å². The first-order valence-corrected chi connectivity index (χ1v) is 11.6. The first-order chi connectivity index (χ1) is 17.3. The van der Waals surface area contributed by atoms with Gasteiger partial charge in [-0.3, -0.25) is 9.59 Å². The summed E-state index contributed by atoms with van der Waals surface area (Å²) in [6.45, 7) is 7.68. The van der Waals surface area contributed by atoms with Gasteiger partial charge in [-0.2, -0.15) is 4.98 Å². The number of nitrogens with zero attached hydrogens (tertiary/aromatic N) is 4. The summed E-state index contributed by atoms with van der Waals surface area (Å²) in [5, 5.41) is 7.43. The third kappa shape index (κ3) is 4.40. The smallest absolute Gasteiger partial charge is 0.263 e. The van der Waals surface area contributed by atoms with E-state index in [2.05, 4.69) is 20.4 Å². The van der Waals surface area contributed by atoms with Crippen LogP contribution in [0.1, 0.15) is 22.4 Å². The second kappa shape index (κ2) is 9.22. The maximum Gasteiger partial charge on any atom is 0.263 e. The Morgan fingerprint density at radius 3 is 2.39 bits per heavy atom. The summed E-state index contributed by atoms with van der Waals surface area (Å²) in [5.41, 5.74) is 5.67. The second-order valence-electron chi connectivity index (χ2n) is 8.93. The van der Waals surface area contributed by atoms with Crippen LogP contribution >= 0.6 is 0 Å². The Labute approximate surface area is 207 Å². The van der Waals surface area contributed by atoms with Gasteiger partial charge in [0, 0.05) is 23.1 Å². The van der Waals surface area contributed by atoms with Crippen molar-refractivity contribution in [2.45, 2.75) is 34.2 Å². The third-order valence-corrected chi connectivity index (χ3v) is 6.09. The molecule has 5 rings (SSSR count). The number of para-hydroxylation sites is 1. The van der Waals surface area contributed by atoms with Crippen molar-refractivity contribution in [3.63, 3.8) is 0 Å². The monoisotopic (exact) mass is 479 g/mol. The van der Waals surface area contributed by atoms with Crippen molar-refractivity contribution >= 4 is 22.6 Å². The average molecular weight is 480 g/mol. The average Bonchev–Trinajstić information content (AvgIpc) is 3.34. The zero-order chi connectivity index (χ0) is 25.4. The first-order valence-electron chi connectivity index (χ1n) is 11.6. The molecule has 0 fully saturated rings. The van der Waals surface area contributed by atoms with Gasteiger partial charge in [0.1, 0.15) is 17.8 Å². The Hall–Kier alpha value is -4.59. The minimum Gasteiger partial charge on any atom is -0.333 e. The number of hydrogen-bond acceptors (Lipinski definition) is 6. The molecule has 0 unspecified atom stereocenters. The standard InChI is InChI=1S/C28H25N5O3/c1-16-8-11-20(12-9-16)26-31-28(36-32-26)22-14-33(27-21(25(22)35)13-10-19(4)29-27)15-23(34)30-24-17(2)6-5-7-18(24)3/h5-14H,15H2,1-4H3,(H,30,34). The van der Waals surface area contributed by atoms with E-state index in [1.165, 1.54) is 0 Å². The quantitative estimate of drug-likeness (QED) is 0.381. The fourth-order valence-electron chi connectivity index (χ4n) is 4.13. The van der Waals surface area contributed by atoms with Gasteiger partial charge < -0.3 is 14.4 Å². The highest BCUT2D eigenvalue weighted by molar-refractivity contribution is 5.93. The van der Waals surface area contributed by atoms with Crippen LogP contribution < -0.4 is 10.7 Å². The molecule has 8 nitrogen and oxygen atoms in total. The number of anilines is 1.